The summed E-state index contributed by atoms with van der Waals surface area (Å²) in [7, 11) is 0. The fourth-order valence-electron chi connectivity index (χ4n) is 1.73. The number of hydrogen-bond donors (Lipinski definition) is 2. The summed E-state index contributed by atoms with van der Waals surface area (Å²) in [5.41, 5.74) is 8.63. The van der Waals surface area contributed by atoms with Gasteiger partial charge in [-0.3, -0.25) is 10.1 Å². The number of nitrogens with two attached hydrogens (primary N) is 1. The number of carbonyl (C=O) groups excluding carboxylic acids is 1. The van der Waals surface area contributed by atoms with Gasteiger partial charge in [0, 0.05) is 6.04 Å². The van der Waals surface area contributed by atoms with Crippen molar-refractivity contribution in [1.29, 1.82) is 0 Å². The number of aryl methyl sites for hydroxylation is 2. The van der Waals surface area contributed by atoms with Gasteiger partial charge in [0.15, 0.2) is 0 Å². The van der Waals surface area contributed by atoms with Gasteiger partial charge in [0.2, 0.25) is 5.91 Å². The summed E-state index contributed by atoms with van der Waals surface area (Å²) >= 11 is 0. The summed E-state index contributed by atoms with van der Waals surface area (Å²) in [4.78, 5) is 11.5. The number of benzene rings is 1. The van der Waals surface area contributed by atoms with E-state index in [1.807, 2.05) is 45.9 Å². The molecular formula is C13H20N2O. The van der Waals surface area contributed by atoms with Gasteiger partial charge in [0.1, 0.15) is 6.04 Å². The highest BCUT2D eigenvalue weighted by Gasteiger charge is 2.20. The zero-order valence-electron chi connectivity index (χ0n) is 10.4. The molecule has 0 saturated heterocycles. The fourth-order valence-corrected chi connectivity index (χ4v) is 1.73. The van der Waals surface area contributed by atoms with Crippen molar-refractivity contribution in [3.63, 3.8) is 0 Å². The van der Waals surface area contributed by atoms with E-state index >= 15 is 0 Å². The second-order valence-corrected chi connectivity index (χ2v) is 4.52. The van der Waals surface area contributed by atoms with Crippen LogP contribution in [0.25, 0.3) is 0 Å². The van der Waals surface area contributed by atoms with E-state index in [1.165, 1.54) is 0 Å². The van der Waals surface area contributed by atoms with Crippen molar-refractivity contribution in [2.45, 2.75) is 39.8 Å². The molecule has 1 aromatic carbocycles. The lowest BCUT2D eigenvalue weighted by molar-refractivity contribution is -0.120. The van der Waals surface area contributed by atoms with E-state index in [4.69, 9.17) is 5.73 Å². The SMILES string of the molecule is Cc1ccc(C)c(C(NC(C)C)C(N)=O)c1. The predicted molar refractivity (Wildman–Crippen MR) is 66.1 cm³/mol. The van der Waals surface area contributed by atoms with Crippen LogP contribution in [0.2, 0.25) is 0 Å². The maximum absolute atomic E-state index is 11.5. The minimum absolute atomic E-state index is 0.220. The Balaban J connectivity index is 3.10. The second kappa shape index (κ2) is 5.12. The van der Waals surface area contributed by atoms with Crippen molar-refractivity contribution < 1.29 is 4.79 Å². The van der Waals surface area contributed by atoms with Crippen LogP contribution in [0.1, 0.15) is 36.6 Å². The van der Waals surface area contributed by atoms with Crippen LogP contribution in [0, 0.1) is 13.8 Å². The van der Waals surface area contributed by atoms with E-state index in [1.54, 1.807) is 0 Å². The first kappa shape index (κ1) is 12.7. The molecule has 3 N–H and O–H groups in total. The van der Waals surface area contributed by atoms with E-state index in [-0.39, 0.29) is 11.9 Å². The minimum Gasteiger partial charge on any atom is -0.368 e. The Morgan fingerprint density at radius 1 is 1.31 bits per heavy atom. The molecule has 1 unspecified atom stereocenters. The third kappa shape index (κ3) is 3.07. The average Bonchev–Trinajstić information content (AvgIpc) is 2.18. The Kier molecular flexibility index (Phi) is 4.07. The molecule has 1 amide bonds. The van der Waals surface area contributed by atoms with Gasteiger partial charge in [0.05, 0.1) is 0 Å². The highest BCUT2D eigenvalue weighted by atomic mass is 16.1. The summed E-state index contributed by atoms with van der Waals surface area (Å²) in [6, 6.07) is 5.88. The highest BCUT2D eigenvalue weighted by molar-refractivity contribution is 5.82. The van der Waals surface area contributed by atoms with E-state index in [0.29, 0.717) is 0 Å². The molecule has 0 aliphatic heterocycles. The van der Waals surface area contributed by atoms with Crippen molar-refractivity contribution in [3.8, 4) is 0 Å². The highest BCUT2D eigenvalue weighted by Crippen LogP contribution is 2.19. The van der Waals surface area contributed by atoms with Crippen molar-refractivity contribution in [2.24, 2.45) is 5.73 Å². The summed E-state index contributed by atoms with van der Waals surface area (Å²) in [5.74, 6) is -0.331. The molecule has 0 aliphatic rings. The predicted octanol–water partition coefficient (Wildman–Crippen LogP) is 1.83. The average molecular weight is 220 g/mol. The van der Waals surface area contributed by atoms with Gasteiger partial charge in [-0.2, -0.15) is 0 Å². The Bertz CT molecular complexity index is 386. The van der Waals surface area contributed by atoms with Crippen LogP contribution in [-0.4, -0.2) is 11.9 Å². The van der Waals surface area contributed by atoms with Gasteiger partial charge in [0.25, 0.3) is 0 Å². The zero-order valence-corrected chi connectivity index (χ0v) is 10.4. The molecule has 0 fully saturated rings. The summed E-state index contributed by atoms with van der Waals surface area (Å²) < 4.78 is 0. The van der Waals surface area contributed by atoms with E-state index in [0.717, 1.165) is 16.7 Å². The summed E-state index contributed by atoms with van der Waals surface area (Å²) in [6.07, 6.45) is 0. The number of rotatable bonds is 4. The molecule has 0 aliphatic carbocycles. The monoisotopic (exact) mass is 220 g/mol. The summed E-state index contributed by atoms with van der Waals surface area (Å²) in [6.45, 7) is 8.01. The maximum Gasteiger partial charge on any atom is 0.239 e. The first-order valence-electron chi connectivity index (χ1n) is 5.54. The standard InChI is InChI=1S/C13H20N2O/c1-8(2)15-12(13(14)16)11-7-9(3)5-6-10(11)4/h5-8,12,15H,1-4H3,(H2,14,16). The van der Waals surface area contributed by atoms with E-state index in [9.17, 15) is 4.79 Å². The smallest absolute Gasteiger partial charge is 0.239 e. The number of carbonyl (C=O) groups is 1. The molecule has 1 rings (SSSR count). The van der Waals surface area contributed by atoms with Crippen molar-refractivity contribution in [2.75, 3.05) is 0 Å². The Morgan fingerprint density at radius 2 is 1.94 bits per heavy atom. The van der Waals surface area contributed by atoms with Crippen molar-refractivity contribution in [3.05, 3.63) is 34.9 Å². The Hall–Kier alpha value is -1.35. The molecule has 3 heteroatoms. The lowest BCUT2D eigenvalue weighted by atomic mass is 9.98. The molecule has 0 bridgehead atoms. The number of primary amides is 1. The van der Waals surface area contributed by atoms with Crippen LogP contribution < -0.4 is 11.1 Å². The quantitative estimate of drug-likeness (QED) is 0.813. The van der Waals surface area contributed by atoms with Crippen LogP contribution in [0.3, 0.4) is 0 Å². The molecule has 1 atom stereocenters. The molecule has 3 nitrogen and oxygen atoms in total. The number of amides is 1. The molecule has 88 valence electrons. The van der Waals surface area contributed by atoms with E-state index < -0.39 is 6.04 Å². The lowest BCUT2D eigenvalue weighted by Gasteiger charge is -2.20. The van der Waals surface area contributed by atoms with Crippen molar-refractivity contribution in [1.82, 2.24) is 5.32 Å². The molecule has 0 aromatic heterocycles. The third-order valence-electron chi connectivity index (χ3n) is 2.53. The minimum atomic E-state index is -0.403. The van der Waals surface area contributed by atoms with Crippen LogP contribution in [0.4, 0.5) is 0 Å². The topological polar surface area (TPSA) is 55.1 Å². The first-order valence-corrected chi connectivity index (χ1v) is 5.54. The maximum atomic E-state index is 11.5. The normalized spacial score (nSPS) is 12.8. The zero-order chi connectivity index (χ0) is 12.3. The summed E-state index contributed by atoms with van der Waals surface area (Å²) in [5, 5.41) is 3.19. The molecule has 16 heavy (non-hydrogen) atoms. The Morgan fingerprint density at radius 3 is 2.44 bits per heavy atom. The lowest BCUT2D eigenvalue weighted by Crippen LogP contribution is -2.37. The number of hydrogen-bond acceptors (Lipinski definition) is 2. The first-order chi connectivity index (χ1) is 7.41. The van der Waals surface area contributed by atoms with Crippen LogP contribution in [0.15, 0.2) is 18.2 Å². The van der Waals surface area contributed by atoms with Crippen LogP contribution in [0.5, 0.6) is 0 Å². The third-order valence-corrected chi connectivity index (χ3v) is 2.53. The van der Waals surface area contributed by atoms with Gasteiger partial charge >= 0.3 is 0 Å². The van der Waals surface area contributed by atoms with Gasteiger partial charge in [-0.25, -0.2) is 0 Å². The molecule has 0 spiro atoms. The fraction of sp³-hybridized carbons (Fsp3) is 0.462. The van der Waals surface area contributed by atoms with Gasteiger partial charge in [-0.1, -0.05) is 23.8 Å². The van der Waals surface area contributed by atoms with Crippen LogP contribution in [-0.2, 0) is 4.79 Å². The van der Waals surface area contributed by atoms with Crippen LogP contribution >= 0.6 is 0 Å². The van der Waals surface area contributed by atoms with Gasteiger partial charge < -0.3 is 5.73 Å². The van der Waals surface area contributed by atoms with E-state index in [2.05, 4.69) is 5.32 Å². The second-order valence-electron chi connectivity index (χ2n) is 4.52. The molecule has 1 aromatic rings. The number of nitrogens with one attached hydrogen (secondary N) is 1. The molecular weight excluding hydrogens is 200 g/mol. The molecule has 0 heterocycles. The van der Waals surface area contributed by atoms with Gasteiger partial charge in [-0.15, -0.1) is 0 Å². The molecule has 0 saturated carbocycles. The van der Waals surface area contributed by atoms with Gasteiger partial charge in [-0.05, 0) is 38.8 Å². The largest absolute Gasteiger partial charge is 0.368 e. The molecule has 0 radical (unpaired) electrons. The van der Waals surface area contributed by atoms with Crippen molar-refractivity contribution >= 4 is 5.91 Å². The Labute approximate surface area is 97.0 Å².